The van der Waals surface area contributed by atoms with Crippen molar-refractivity contribution in [3.05, 3.63) is 47.2 Å². The van der Waals surface area contributed by atoms with E-state index in [2.05, 4.69) is 28.0 Å². The van der Waals surface area contributed by atoms with Crippen LogP contribution < -0.4 is 4.74 Å². The van der Waals surface area contributed by atoms with Gasteiger partial charge in [0.25, 0.3) is 0 Å². The number of aromatic nitrogens is 1. The molecule has 0 aliphatic heterocycles. The molecule has 1 fully saturated rings. The monoisotopic (exact) mass is 302 g/mol. The highest BCUT2D eigenvalue weighted by Gasteiger charge is 2.15. The van der Waals surface area contributed by atoms with E-state index in [4.69, 9.17) is 16.3 Å². The fourth-order valence-electron chi connectivity index (χ4n) is 2.82. The van der Waals surface area contributed by atoms with Gasteiger partial charge in [-0.15, -0.1) is 0 Å². The number of nitrogens with zero attached hydrogens (tertiary/aromatic N) is 2. The van der Waals surface area contributed by atoms with Crippen molar-refractivity contribution in [3.63, 3.8) is 0 Å². The predicted molar refractivity (Wildman–Crippen MR) is 87.2 cm³/mol. The molecule has 1 aliphatic rings. The second-order valence-corrected chi connectivity index (χ2v) is 5.81. The Morgan fingerprint density at radius 3 is 2.81 bits per heavy atom. The van der Waals surface area contributed by atoms with Gasteiger partial charge in [0.1, 0.15) is 5.75 Å². The van der Waals surface area contributed by atoms with Crippen LogP contribution in [0.5, 0.6) is 5.75 Å². The van der Waals surface area contributed by atoms with E-state index in [0.29, 0.717) is 16.8 Å². The number of methoxy groups -OCH3 is 1. The quantitative estimate of drug-likeness (QED) is 0.729. The highest BCUT2D eigenvalue weighted by atomic mass is 35.5. The molecule has 110 valence electrons. The summed E-state index contributed by atoms with van der Waals surface area (Å²) in [6, 6.07) is 8.31. The zero-order valence-electron chi connectivity index (χ0n) is 12.1. The maximum atomic E-state index is 6.10. The summed E-state index contributed by atoms with van der Waals surface area (Å²) in [4.78, 5) is 4.47. The van der Waals surface area contributed by atoms with Gasteiger partial charge >= 0.3 is 0 Å². The normalized spacial score (nSPS) is 15.9. The predicted octanol–water partition coefficient (Wildman–Crippen LogP) is 5.02. The van der Waals surface area contributed by atoms with Gasteiger partial charge in [0.15, 0.2) is 0 Å². The van der Waals surface area contributed by atoms with Crippen molar-refractivity contribution in [1.29, 1.82) is 0 Å². The minimum absolute atomic E-state index is 0.579. The van der Waals surface area contributed by atoms with E-state index in [0.717, 1.165) is 11.3 Å². The molecule has 0 saturated heterocycles. The summed E-state index contributed by atoms with van der Waals surface area (Å²) in [6.45, 7) is 0. The molecule has 1 aliphatic carbocycles. The lowest BCUT2D eigenvalue weighted by Crippen LogP contribution is -2.00. The molecule has 1 heterocycles. The summed E-state index contributed by atoms with van der Waals surface area (Å²) < 4.78 is 7.45. The van der Waals surface area contributed by atoms with Crippen LogP contribution in [0.3, 0.4) is 0 Å². The fraction of sp³-hybridized carbons (Fsp3) is 0.353. The van der Waals surface area contributed by atoms with Gasteiger partial charge in [-0.25, -0.2) is 0 Å². The molecule has 21 heavy (non-hydrogen) atoms. The van der Waals surface area contributed by atoms with E-state index in [1.54, 1.807) is 7.11 Å². The highest BCUT2D eigenvalue weighted by molar-refractivity contribution is 6.32. The van der Waals surface area contributed by atoms with Crippen LogP contribution in [0.25, 0.3) is 0 Å². The minimum Gasteiger partial charge on any atom is -0.495 e. The molecule has 2 aromatic rings. The van der Waals surface area contributed by atoms with Crippen LogP contribution in [0.2, 0.25) is 5.02 Å². The first-order valence-electron chi connectivity index (χ1n) is 7.31. The van der Waals surface area contributed by atoms with Gasteiger partial charge in [-0.05, 0) is 37.1 Å². The van der Waals surface area contributed by atoms with Gasteiger partial charge in [-0.2, -0.15) is 0 Å². The Bertz CT molecular complexity index is 642. The molecular weight excluding hydrogens is 284 g/mol. The Labute approximate surface area is 130 Å². The smallest absolute Gasteiger partial charge is 0.137 e. The van der Waals surface area contributed by atoms with Crippen molar-refractivity contribution >= 4 is 23.5 Å². The Kier molecular flexibility index (Phi) is 4.30. The van der Waals surface area contributed by atoms with Crippen molar-refractivity contribution in [1.82, 2.24) is 4.57 Å². The fourth-order valence-corrected chi connectivity index (χ4v) is 3.07. The molecule has 0 N–H and O–H groups in total. The lowest BCUT2D eigenvalue weighted by Gasteiger charge is -2.10. The Morgan fingerprint density at radius 1 is 1.29 bits per heavy atom. The molecule has 1 aromatic heterocycles. The van der Waals surface area contributed by atoms with Crippen molar-refractivity contribution in [2.45, 2.75) is 31.7 Å². The zero-order chi connectivity index (χ0) is 14.7. The van der Waals surface area contributed by atoms with Crippen LogP contribution in [0.1, 0.15) is 37.3 Å². The largest absolute Gasteiger partial charge is 0.495 e. The number of rotatable bonds is 4. The average Bonchev–Trinajstić information content (AvgIpc) is 3.16. The lowest BCUT2D eigenvalue weighted by atomic mass is 10.2. The van der Waals surface area contributed by atoms with Gasteiger partial charge in [0.2, 0.25) is 0 Å². The topological polar surface area (TPSA) is 26.5 Å². The van der Waals surface area contributed by atoms with Gasteiger partial charge in [0.05, 0.1) is 17.8 Å². The van der Waals surface area contributed by atoms with Crippen LogP contribution in [0, 0.1) is 0 Å². The van der Waals surface area contributed by atoms with Gasteiger partial charge in [0, 0.05) is 30.2 Å². The summed E-state index contributed by atoms with van der Waals surface area (Å²) in [5.74, 6) is 0.669. The second-order valence-electron chi connectivity index (χ2n) is 5.41. The van der Waals surface area contributed by atoms with E-state index < -0.39 is 0 Å². The van der Waals surface area contributed by atoms with E-state index in [1.807, 2.05) is 24.4 Å². The lowest BCUT2D eigenvalue weighted by molar-refractivity contribution is 0.415. The molecule has 0 unspecified atom stereocenters. The third-order valence-corrected chi connectivity index (χ3v) is 4.28. The first kappa shape index (κ1) is 14.2. The first-order valence-corrected chi connectivity index (χ1v) is 7.69. The second kappa shape index (κ2) is 6.35. The third kappa shape index (κ3) is 3.30. The standard InChI is InChI=1S/C17H19ClN2O/c1-21-17-7-6-14(10-16(17)18)19-11-13-8-9-20(12-13)15-4-2-3-5-15/h6-12,15H,2-5H2,1H3. The van der Waals surface area contributed by atoms with Crippen molar-refractivity contribution in [3.8, 4) is 5.75 Å². The van der Waals surface area contributed by atoms with Crippen LogP contribution in [0.15, 0.2) is 41.7 Å². The number of benzene rings is 1. The summed E-state index contributed by atoms with van der Waals surface area (Å²) in [5.41, 5.74) is 1.95. The molecule has 3 nitrogen and oxygen atoms in total. The number of halogens is 1. The van der Waals surface area contributed by atoms with E-state index in [9.17, 15) is 0 Å². The van der Waals surface area contributed by atoms with Crippen molar-refractivity contribution in [2.75, 3.05) is 7.11 Å². The van der Waals surface area contributed by atoms with Crippen molar-refractivity contribution in [2.24, 2.45) is 4.99 Å². The highest BCUT2D eigenvalue weighted by Crippen LogP contribution is 2.30. The van der Waals surface area contributed by atoms with Crippen LogP contribution >= 0.6 is 11.6 Å². The van der Waals surface area contributed by atoms with Crippen LogP contribution in [0.4, 0.5) is 5.69 Å². The molecule has 4 heteroatoms. The molecule has 1 aromatic carbocycles. The van der Waals surface area contributed by atoms with Crippen LogP contribution in [-0.2, 0) is 0 Å². The molecule has 0 amide bonds. The molecule has 0 bridgehead atoms. The van der Waals surface area contributed by atoms with Gasteiger partial charge in [-0.3, -0.25) is 4.99 Å². The Balaban J connectivity index is 1.72. The van der Waals surface area contributed by atoms with Gasteiger partial charge in [-0.1, -0.05) is 24.4 Å². The van der Waals surface area contributed by atoms with Gasteiger partial charge < -0.3 is 9.30 Å². The van der Waals surface area contributed by atoms with Crippen molar-refractivity contribution < 1.29 is 4.74 Å². The molecule has 1 saturated carbocycles. The Hall–Kier alpha value is -1.74. The van der Waals surface area contributed by atoms with Crippen LogP contribution in [-0.4, -0.2) is 17.9 Å². The van der Waals surface area contributed by atoms with E-state index in [1.165, 1.54) is 25.7 Å². The molecule has 0 atom stereocenters. The summed E-state index contributed by atoms with van der Waals surface area (Å²) >= 11 is 6.10. The average molecular weight is 303 g/mol. The number of aliphatic imine (C=N–C) groups is 1. The third-order valence-electron chi connectivity index (χ3n) is 3.98. The summed E-state index contributed by atoms with van der Waals surface area (Å²) in [7, 11) is 1.61. The molecule has 0 radical (unpaired) electrons. The molecule has 0 spiro atoms. The van der Waals surface area contributed by atoms with E-state index >= 15 is 0 Å². The summed E-state index contributed by atoms with van der Waals surface area (Å²) in [6.07, 6.45) is 11.5. The summed E-state index contributed by atoms with van der Waals surface area (Å²) in [5, 5.41) is 0.579. The molecular formula is C17H19ClN2O. The molecule has 3 rings (SSSR count). The minimum atomic E-state index is 0.579. The number of ether oxygens (including phenoxy) is 1. The zero-order valence-corrected chi connectivity index (χ0v) is 12.9. The number of hydrogen-bond donors (Lipinski definition) is 0. The maximum Gasteiger partial charge on any atom is 0.137 e. The SMILES string of the molecule is COc1ccc(N=Cc2ccn(C3CCCC3)c2)cc1Cl. The maximum absolute atomic E-state index is 6.10. The Morgan fingerprint density at radius 2 is 2.10 bits per heavy atom. The number of hydrogen-bond acceptors (Lipinski definition) is 2. The van der Waals surface area contributed by atoms with E-state index in [-0.39, 0.29) is 0 Å². The first-order chi connectivity index (χ1) is 10.3.